The number of amides is 1. The van der Waals surface area contributed by atoms with Crippen LogP contribution in [0.1, 0.15) is 47.9 Å². The molecule has 12 aromatic rings. The monoisotopic (exact) mass is 1820 g/mol. The van der Waals surface area contributed by atoms with Gasteiger partial charge in [0.2, 0.25) is 48.6 Å². The normalized spacial score (nSPS) is 12.9. The van der Waals surface area contributed by atoms with Crippen LogP contribution in [0.4, 0.5) is 0 Å². The third-order valence-electron chi connectivity index (χ3n) is 18.0. The lowest BCUT2D eigenvalue weighted by Crippen LogP contribution is -2.47. The lowest BCUT2D eigenvalue weighted by atomic mass is 9.73. The van der Waals surface area contributed by atoms with Crippen LogP contribution in [0.25, 0.3) is 0 Å². The van der Waals surface area contributed by atoms with Crippen molar-refractivity contribution in [3.05, 3.63) is 362 Å². The third kappa shape index (κ3) is 33.6. The first-order valence-electron chi connectivity index (χ1n) is 37.6. The first-order valence-corrected chi connectivity index (χ1v) is 46.3. The molecule has 2 fully saturated rings. The molecule has 0 atom stereocenters. The van der Waals surface area contributed by atoms with Gasteiger partial charge in [0.15, 0.2) is 6.29 Å². The van der Waals surface area contributed by atoms with Crippen molar-refractivity contribution >= 4 is 75.8 Å². The van der Waals surface area contributed by atoms with Crippen molar-refractivity contribution in [2.75, 3.05) is 61.0 Å². The van der Waals surface area contributed by atoms with Crippen LogP contribution in [0.3, 0.4) is 0 Å². The Morgan fingerprint density at radius 1 is 0.390 bits per heavy atom. The number of benzene rings is 12. The van der Waals surface area contributed by atoms with Crippen molar-refractivity contribution in [1.29, 1.82) is 0 Å². The second-order valence-corrected chi connectivity index (χ2v) is 36.1. The topological polar surface area (TPSA) is 400 Å². The van der Waals surface area contributed by atoms with Crippen LogP contribution in [0, 0.1) is 0 Å². The molecule has 0 radical (unpaired) electrons. The summed E-state index contributed by atoms with van der Waals surface area (Å²) >= 11 is 0. The zero-order valence-corrected chi connectivity index (χ0v) is 72.9. The molecule has 0 aliphatic carbocycles. The molecule has 0 spiro atoms. The number of para-hydroxylation sites is 4. The van der Waals surface area contributed by atoms with E-state index in [1.807, 2.05) is 42.5 Å². The number of ether oxygens (including phenoxy) is 2. The maximum Gasteiger partial charge on any atom is 0.254 e. The molecule has 0 bridgehead atoms. The Morgan fingerprint density at radius 3 is 0.959 bits per heavy atom. The summed E-state index contributed by atoms with van der Waals surface area (Å²) in [5.41, 5.74) is 2.36. The van der Waals surface area contributed by atoms with E-state index in [4.69, 9.17) is 64.1 Å². The molecule has 656 valence electrons. The number of nitrogens with one attached hydrogen (secondary N) is 1. The lowest BCUT2D eigenvalue weighted by Gasteiger charge is -2.37. The molecule has 25 nitrogen and oxygen atoms in total. The smallest absolute Gasteiger partial charge is 0.254 e. The summed E-state index contributed by atoms with van der Waals surface area (Å²) in [5, 5.41) is 68.8. The number of halogens is 2. The zero-order chi connectivity index (χ0) is 90.0. The van der Waals surface area contributed by atoms with Gasteiger partial charge in [-0.25, -0.2) is 62.9 Å². The van der Waals surface area contributed by atoms with E-state index >= 15 is 0 Å². The fourth-order valence-corrected chi connectivity index (χ4v) is 18.3. The molecule has 0 unspecified atom stereocenters. The van der Waals surface area contributed by atoms with Crippen molar-refractivity contribution in [3.8, 4) is 23.0 Å². The van der Waals surface area contributed by atoms with Gasteiger partial charge in [-0.2, -0.15) is 0 Å². The standard InChI is InChI=1S/C19H22O5S.C18H19NO5S.C15H16O4S.C14H14O4S.4C6H6O.CH4O.Cl2OS/c1-22-24-15-19(11-13-23-14-12-19)17-9-5-6-10-18(17)25(20,21)16-7-3-2-4-8-16;20-17(19-21)18(10-12-24-13-11-18)15-8-4-5-9-16(15)25(22,23)14-6-2-1-3-7-14;1-18-19-12-11-13-7-5-6-10-15(13)20(16,17)14-8-3-2-4-9-14;15-14(16)10-11-6-4-5-9-13(11)19(17,18)12-7-2-1-3-8-12;4*7-6-4-2-1-3-5-6;1-2;1-4(2)3/h2-10H,11-15H2,1H3;1-9,21H,10-13H2,(H,19,20);2-10H,11-12H2,1H3;1-9,14-16H,10H2;4*1-5,7H;2H,1H3;. The predicted octanol–water partition coefficient (Wildman–Crippen LogP) is 15.5. The van der Waals surface area contributed by atoms with Gasteiger partial charge < -0.3 is 45.2 Å². The summed E-state index contributed by atoms with van der Waals surface area (Å²) in [7, 11) is -3.32. The summed E-state index contributed by atoms with van der Waals surface area (Å²) in [6.45, 7) is 2.34. The summed E-state index contributed by atoms with van der Waals surface area (Å²) in [4.78, 5) is 33.6. The van der Waals surface area contributed by atoms with Crippen LogP contribution in [0.2, 0.25) is 0 Å². The Balaban J connectivity index is 0.000000259. The minimum absolute atomic E-state index is 0.0756. The Hall–Kier alpha value is -10.6. The number of hydroxylamine groups is 1. The molecule has 14 rings (SSSR count). The average molecular weight is 1820 g/mol. The van der Waals surface area contributed by atoms with E-state index < -0.39 is 71.6 Å². The van der Waals surface area contributed by atoms with Gasteiger partial charge in [0.1, 0.15) is 23.0 Å². The Morgan fingerprint density at radius 2 is 0.650 bits per heavy atom. The number of carbonyl (C=O) groups is 1. The van der Waals surface area contributed by atoms with Crippen molar-refractivity contribution in [3.63, 3.8) is 0 Å². The quantitative estimate of drug-likeness (QED) is 0.00854. The van der Waals surface area contributed by atoms with Crippen molar-refractivity contribution < 1.29 is 113 Å². The molecular formula is C91H99Cl2NO24S5. The fraction of sp³-hybridized carbons (Fsp3) is 0.198. The molecule has 12 aromatic carbocycles. The first-order chi connectivity index (χ1) is 59.1. The Kier molecular flexibility index (Phi) is 45.9. The van der Waals surface area contributed by atoms with E-state index in [-0.39, 0.29) is 37.5 Å². The number of aromatic hydroxyl groups is 4. The van der Waals surface area contributed by atoms with E-state index in [9.17, 15) is 43.7 Å². The highest BCUT2D eigenvalue weighted by atomic mass is 36.0. The molecule has 2 saturated heterocycles. The van der Waals surface area contributed by atoms with Gasteiger partial charge >= 0.3 is 0 Å². The molecule has 2 heterocycles. The minimum Gasteiger partial charge on any atom is -0.508 e. The summed E-state index contributed by atoms with van der Waals surface area (Å²) in [6, 6.07) is 94.8. The van der Waals surface area contributed by atoms with E-state index in [0.29, 0.717) is 120 Å². The SMILES string of the molecule is CO.COOCC1(c2ccccc2S(=O)(=O)c2ccccc2)CCOCC1.COOCCc1ccccc1S(=O)(=O)c1ccccc1.O=C(NO)C1(c2ccccc2S(=O)(=O)c2ccccc2)CCOCC1.O=S(=O)(c1ccccc1)c1ccccc1CC(O)O.O=S(Cl)Cl.Oc1ccccc1.Oc1ccccc1.Oc1ccccc1.Oc1ccccc1. The Bertz CT molecular complexity index is 5340. The lowest BCUT2D eigenvalue weighted by molar-refractivity contribution is -0.286. The summed E-state index contributed by atoms with van der Waals surface area (Å²) < 4.78 is 123. The Labute approximate surface area is 729 Å². The van der Waals surface area contributed by atoms with Crippen LogP contribution >= 0.6 is 21.4 Å². The number of carbonyl (C=O) groups excluding carboxylic acids is 1. The number of aliphatic hydroxyl groups is 3. The van der Waals surface area contributed by atoms with Crippen LogP contribution < -0.4 is 5.48 Å². The highest BCUT2D eigenvalue weighted by molar-refractivity contribution is 8.26. The van der Waals surface area contributed by atoms with Crippen LogP contribution in [0.5, 0.6) is 23.0 Å². The number of phenols is 4. The zero-order valence-electron chi connectivity index (χ0n) is 67.3. The molecule has 0 aromatic heterocycles. The molecule has 2 aliphatic heterocycles. The fourth-order valence-electron chi connectivity index (χ4n) is 12.1. The first kappa shape index (κ1) is 103. The second-order valence-electron chi connectivity index (χ2n) is 25.9. The average Bonchev–Trinajstić information content (AvgIpc) is 0.755. The highest BCUT2D eigenvalue weighted by Crippen LogP contribution is 2.42. The van der Waals surface area contributed by atoms with E-state index in [2.05, 4.69) is 26.3 Å². The van der Waals surface area contributed by atoms with Gasteiger partial charge in [0, 0.05) is 73.2 Å². The van der Waals surface area contributed by atoms with Crippen molar-refractivity contribution in [1.82, 2.24) is 5.48 Å². The molecule has 1 amide bonds. The van der Waals surface area contributed by atoms with Gasteiger partial charge in [-0.1, -0.05) is 218 Å². The molecule has 9 N–H and O–H groups in total. The van der Waals surface area contributed by atoms with Crippen LogP contribution in [-0.4, -0.2) is 152 Å². The molecule has 32 heteroatoms. The van der Waals surface area contributed by atoms with Gasteiger partial charge in [-0.05, 0) is 169 Å². The second kappa shape index (κ2) is 54.8. The summed E-state index contributed by atoms with van der Waals surface area (Å²) in [5.74, 6) is 0.668. The van der Waals surface area contributed by atoms with Crippen molar-refractivity contribution in [2.45, 2.75) is 94.8 Å². The predicted molar refractivity (Wildman–Crippen MR) is 469 cm³/mol. The summed E-state index contributed by atoms with van der Waals surface area (Å²) in [6.07, 6.45) is 0.710. The number of hydrogen-bond acceptors (Lipinski definition) is 24. The van der Waals surface area contributed by atoms with Gasteiger partial charge in [0.05, 0.1) is 72.0 Å². The van der Waals surface area contributed by atoms with Gasteiger partial charge in [0.25, 0.3) is 5.91 Å². The highest BCUT2D eigenvalue weighted by Gasteiger charge is 2.45. The van der Waals surface area contributed by atoms with Crippen LogP contribution in [-0.2, 0) is 106 Å². The number of phenolic OH excluding ortho intramolecular Hbond substituents is 4. The third-order valence-corrected chi connectivity index (χ3v) is 25.4. The van der Waals surface area contributed by atoms with E-state index in [1.165, 1.54) is 50.6 Å². The largest absolute Gasteiger partial charge is 0.508 e. The maximum atomic E-state index is 13.2. The number of aliphatic hydroxyl groups excluding tert-OH is 2. The van der Waals surface area contributed by atoms with Crippen LogP contribution in [0.15, 0.2) is 379 Å². The minimum atomic E-state index is -3.80. The number of rotatable bonds is 20. The molecular weight excluding hydrogens is 1720 g/mol. The van der Waals surface area contributed by atoms with E-state index in [0.717, 1.165) is 12.7 Å². The number of sulfone groups is 4. The molecule has 2 aliphatic rings. The van der Waals surface area contributed by atoms with Gasteiger partial charge in [-0.15, -0.1) is 0 Å². The maximum absolute atomic E-state index is 13.2. The molecule has 123 heavy (non-hydrogen) atoms. The van der Waals surface area contributed by atoms with Crippen molar-refractivity contribution in [2.24, 2.45) is 0 Å². The molecule has 0 saturated carbocycles. The number of hydrogen-bond donors (Lipinski definition) is 9. The van der Waals surface area contributed by atoms with E-state index in [1.54, 1.807) is 266 Å². The van der Waals surface area contributed by atoms with Gasteiger partial charge in [-0.3, -0.25) is 10.0 Å².